The summed E-state index contributed by atoms with van der Waals surface area (Å²) in [6, 6.07) is 5.20. The first-order valence-electron chi connectivity index (χ1n) is 8.90. The summed E-state index contributed by atoms with van der Waals surface area (Å²) in [6.45, 7) is 2.92. The maximum Gasteiger partial charge on any atom is 0.241 e. The fourth-order valence-electron chi connectivity index (χ4n) is 3.75. The van der Waals surface area contributed by atoms with Crippen LogP contribution in [0, 0.1) is 0 Å². The lowest BCUT2D eigenvalue weighted by atomic mass is 10.2. The Labute approximate surface area is 167 Å². The van der Waals surface area contributed by atoms with Crippen molar-refractivity contribution in [3.63, 3.8) is 0 Å². The van der Waals surface area contributed by atoms with Gasteiger partial charge in [-0.05, 0) is 25.0 Å². The molecular formula is C17H21ClN4O3S2. The van der Waals surface area contributed by atoms with Crippen molar-refractivity contribution in [1.29, 1.82) is 0 Å². The maximum absolute atomic E-state index is 12.9. The summed E-state index contributed by atoms with van der Waals surface area (Å²) in [4.78, 5) is 21.4. The number of sulfonamides is 1. The van der Waals surface area contributed by atoms with E-state index in [1.807, 2.05) is 18.2 Å². The van der Waals surface area contributed by atoms with Crippen molar-refractivity contribution in [1.82, 2.24) is 14.2 Å². The zero-order valence-electron chi connectivity index (χ0n) is 15.0. The number of carbonyl (C=O) groups is 1. The Hall–Kier alpha value is -1.42. The van der Waals surface area contributed by atoms with Crippen LogP contribution in [0.1, 0.15) is 12.8 Å². The second kappa shape index (κ2) is 7.20. The number of aromatic nitrogens is 1. The highest BCUT2D eigenvalue weighted by Crippen LogP contribution is 2.33. The highest BCUT2D eigenvalue weighted by atomic mass is 35.5. The predicted molar refractivity (Wildman–Crippen MR) is 108 cm³/mol. The van der Waals surface area contributed by atoms with Crippen LogP contribution in [0.3, 0.4) is 0 Å². The van der Waals surface area contributed by atoms with Gasteiger partial charge in [0.15, 0.2) is 5.13 Å². The number of thiazole rings is 1. The molecule has 7 nitrogen and oxygen atoms in total. The molecule has 4 rings (SSSR count). The van der Waals surface area contributed by atoms with Gasteiger partial charge in [-0.3, -0.25) is 4.79 Å². The number of rotatable bonds is 3. The van der Waals surface area contributed by atoms with Crippen molar-refractivity contribution < 1.29 is 13.2 Å². The van der Waals surface area contributed by atoms with Crippen LogP contribution in [0.4, 0.5) is 5.13 Å². The number of nitrogens with zero attached hydrogens (tertiary/aromatic N) is 4. The SMILES string of the molecule is CS(=O)(=O)N1CCC[C@H]1C(=O)N1CCN(c2nc3c(Cl)cccc3s2)CC1. The summed E-state index contributed by atoms with van der Waals surface area (Å²) in [5.74, 6) is -0.0788. The van der Waals surface area contributed by atoms with Crippen LogP contribution in [0.5, 0.6) is 0 Å². The fraction of sp³-hybridized carbons (Fsp3) is 0.529. The number of hydrogen-bond donors (Lipinski definition) is 0. The van der Waals surface area contributed by atoms with Gasteiger partial charge in [0.1, 0.15) is 11.6 Å². The third-order valence-electron chi connectivity index (χ3n) is 5.14. The molecule has 2 aliphatic heterocycles. The van der Waals surface area contributed by atoms with E-state index in [1.165, 1.54) is 10.6 Å². The Morgan fingerprint density at radius 1 is 1.22 bits per heavy atom. The van der Waals surface area contributed by atoms with Gasteiger partial charge in [-0.15, -0.1) is 0 Å². The average Bonchev–Trinajstić information content (AvgIpc) is 3.29. The normalized spacial score (nSPS) is 21.9. The molecule has 2 aromatic rings. The first-order valence-corrected chi connectivity index (χ1v) is 11.9. The molecule has 1 atom stereocenters. The van der Waals surface area contributed by atoms with Crippen LogP contribution >= 0.6 is 22.9 Å². The van der Waals surface area contributed by atoms with Gasteiger partial charge >= 0.3 is 0 Å². The summed E-state index contributed by atoms with van der Waals surface area (Å²) in [5, 5.41) is 1.55. The Bertz CT molecular complexity index is 970. The third-order valence-corrected chi connectivity index (χ3v) is 7.81. The summed E-state index contributed by atoms with van der Waals surface area (Å²) in [7, 11) is -3.35. The average molecular weight is 429 g/mol. The molecule has 0 saturated carbocycles. The summed E-state index contributed by atoms with van der Waals surface area (Å²) in [6.07, 6.45) is 2.51. The lowest BCUT2D eigenvalue weighted by Crippen LogP contribution is -2.54. The minimum Gasteiger partial charge on any atom is -0.345 e. The van der Waals surface area contributed by atoms with Crippen LogP contribution in [0.2, 0.25) is 5.02 Å². The number of fused-ring (bicyclic) bond motifs is 1. The molecule has 146 valence electrons. The van der Waals surface area contributed by atoms with Gasteiger partial charge in [-0.2, -0.15) is 4.31 Å². The summed E-state index contributed by atoms with van der Waals surface area (Å²) >= 11 is 7.81. The van der Waals surface area contributed by atoms with Gasteiger partial charge in [0.05, 0.1) is 16.0 Å². The molecule has 0 radical (unpaired) electrons. The van der Waals surface area contributed by atoms with Gasteiger partial charge in [0.2, 0.25) is 15.9 Å². The van der Waals surface area contributed by atoms with E-state index in [2.05, 4.69) is 9.88 Å². The zero-order valence-corrected chi connectivity index (χ0v) is 17.4. The van der Waals surface area contributed by atoms with E-state index in [1.54, 1.807) is 16.2 Å². The summed E-state index contributed by atoms with van der Waals surface area (Å²) in [5.41, 5.74) is 0.812. The minimum atomic E-state index is -3.35. The van der Waals surface area contributed by atoms with E-state index in [4.69, 9.17) is 11.6 Å². The Morgan fingerprint density at radius 3 is 2.63 bits per heavy atom. The molecular weight excluding hydrogens is 408 g/mol. The molecule has 2 saturated heterocycles. The monoisotopic (exact) mass is 428 g/mol. The van der Waals surface area contributed by atoms with Gasteiger partial charge < -0.3 is 9.80 Å². The smallest absolute Gasteiger partial charge is 0.241 e. The van der Waals surface area contributed by atoms with Crippen molar-refractivity contribution in [2.24, 2.45) is 0 Å². The molecule has 0 N–H and O–H groups in total. The second-order valence-corrected chi connectivity index (χ2v) is 10.3. The van der Waals surface area contributed by atoms with Crippen LogP contribution in [-0.4, -0.2) is 73.5 Å². The van der Waals surface area contributed by atoms with E-state index >= 15 is 0 Å². The fourth-order valence-corrected chi connectivity index (χ4v) is 6.19. The lowest BCUT2D eigenvalue weighted by molar-refractivity contribution is -0.134. The highest BCUT2D eigenvalue weighted by Gasteiger charge is 2.39. The zero-order chi connectivity index (χ0) is 19.2. The van der Waals surface area contributed by atoms with Crippen molar-refractivity contribution in [2.75, 3.05) is 43.9 Å². The Balaban J connectivity index is 1.44. The van der Waals surface area contributed by atoms with Crippen molar-refractivity contribution in [3.8, 4) is 0 Å². The topological polar surface area (TPSA) is 73.8 Å². The molecule has 2 fully saturated rings. The first kappa shape index (κ1) is 18.9. The number of anilines is 1. The van der Waals surface area contributed by atoms with Crippen molar-refractivity contribution in [3.05, 3.63) is 23.2 Å². The van der Waals surface area contributed by atoms with Crippen LogP contribution in [0.25, 0.3) is 10.2 Å². The van der Waals surface area contributed by atoms with Crippen LogP contribution < -0.4 is 4.90 Å². The molecule has 0 unspecified atom stereocenters. The van der Waals surface area contributed by atoms with E-state index in [-0.39, 0.29) is 5.91 Å². The summed E-state index contributed by atoms with van der Waals surface area (Å²) < 4.78 is 26.2. The first-order chi connectivity index (χ1) is 12.8. The molecule has 1 aromatic heterocycles. The molecule has 0 bridgehead atoms. The van der Waals surface area contributed by atoms with E-state index in [9.17, 15) is 13.2 Å². The number of hydrogen-bond acceptors (Lipinski definition) is 6. The van der Waals surface area contributed by atoms with Crippen LogP contribution in [-0.2, 0) is 14.8 Å². The van der Waals surface area contributed by atoms with Gasteiger partial charge in [-0.25, -0.2) is 13.4 Å². The van der Waals surface area contributed by atoms with Crippen molar-refractivity contribution in [2.45, 2.75) is 18.9 Å². The Kier molecular flexibility index (Phi) is 5.04. The quantitative estimate of drug-likeness (QED) is 0.747. The predicted octanol–water partition coefficient (Wildman–Crippen LogP) is 2.02. The number of piperazine rings is 1. The molecule has 0 spiro atoms. The number of para-hydroxylation sites is 1. The molecule has 27 heavy (non-hydrogen) atoms. The lowest BCUT2D eigenvalue weighted by Gasteiger charge is -2.36. The van der Waals surface area contributed by atoms with Gasteiger partial charge in [-0.1, -0.05) is 29.0 Å². The number of halogens is 1. The van der Waals surface area contributed by atoms with Crippen molar-refractivity contribution >= 4 is 54.2 Å². The van der Waals surface area contributed by atoms with Gasteiger partial charge in [0.25, 0.3) is 0 Å². The van der Waals surface area contributed by atoms with Crippen LogP contribution in [0.15, 0.2) is 18.2 Å². The van der Waals surface area contributed by atoms with E-state index < -0.39 is 16.1 Å². The molecule has 0 aliphatic carbocycles. The second-order valence-electron chi connectivity index (χ2n) is 6.93. The number of amides is 1. The molecule has 1 amide bonds. The third kappa shape index (κ3) is 3.65. The molecule has 1 aromatic carbocycles. The van der Waals surface area contributed by atoms with E-state index in [0.717, 1.165) is 21.8 Å². The van der Waals surface area contributed by atoms with Gasteiger partial charge in [0, 0.05) is 32.7 Å². The molecule has 10 heteroatoms. The largest absolute Gasteiger partial charge is 0.345 e. The number of carbonyl (C=O) groups excluding carboxylic acids is 1. The maximum atomic E-state index is 12.9. The van der Waals surface area contributed by atoms with E-state index in [0.29, 0.717) is 44.2 Å². The Morgan fingerprint density at radius 2 is 1.96 bits per heavy atom. The molecule has 3 heterocycles. The standard InChI is InChI=1S/C17H21ClN4O3S2/c1-27(24,25)22-7-3-5-13(22)16(23)20-8-10-21(11-9-20)17-19-15-12(18)4-2-6-14(15)26-17/h2,4,6,13H,3,5,7-11H2,1H3/t13-/m0/s1. The minimum absolute atomic E-state index is 0.0788. The number of benzene rings is 1. The highest BCUT2D eigenvalue weighted by molar-refractivity contribution is 7.88. The molecule has 2 aliphatic rings.